The van der Waals surface area contributed by atoms with E-state index in [-0.39, 0.29) is 0 Å². The third kappa shape index (κ3) is 2.38. The van der Waals surface area contributed by atoms with Gasteiger partial charge >= 0.3 is 0 Å². The summed E-state index contributed by atoms with van der Waals surface area (Å²) in [5.74, 6) is 0. The third-order valence-corrected chi connectivity index (χ3v) is 3.51. The molecule has 1 rings (SSSR count). The lowest BCUT2D eigenvalue weighted by atomic mass is 10.00. The third-order valence-electron chi connectivity index (χ3n) is 1.94. The van der Waals surface area contributed by atoms with Crippen LogP contribution in [0.15, 0.2) is 0 Å². The Hall–Kier alpha value is 0.640. The normalized spacial score (nSPS) is 36.7. The van der Waals surface area contributed by atoms with Gasteiger partial charge in [0, 0.05) is 10.6 Å². The van der Waals surface area contributed by atoms with Crippen LogP contribution in [0.2, 0.25) is 0 Å². The summed E-state index contributed by atoms with van der Waals surface area (Å²) in [7, 11) is 0. The van der Waals surface area contributed by atoms with Crippen LogP contribution in [0.5, 0.6) is 0 Å². The molecule has 9 heavy (non-hydrogen) atoms. The average molecular weight is 165 g/mol. The van der Waals surface area contributed by atoms with Crippen LogP contribution in [0.4, 0.5) is 0 Å². The molecule has 0 N–H and O–H groups in total. The predicted octanol–water partition coefficient (Wildman–Crippen LogP) is 2.90. The first kappa shape index (κ1) is 7.74. The topological polar surface area (TPSA) is 0 Å². The summed E-state index contributed by atoms with van der Waals surface area (Å²) in [5.41, 5.74) is 0. The highest BCUT2D eigenvalue weighted by atomic mass is 35.5. The maximum absolute atomic E-state index is 5.93. The first-order valence-electron chi connectivity index (χ1n) is 3.50. The van der Waals surface area contributed by atoms with Crippen molar-refractivity contribution in [3.05, 3.63) is 0 Å². The number of rotatable bonds is 1. The Morgan fingerprint density at radius 1 is 1.22 bits per heavy atom. The molecule has 1 saturated carbocycles. The molecule has 0 aromatic heterocycles. The zero-order chi connectivity index (χ0) is 6.69. The minimum atomic E-state index is 0.480. The molecule has 2 heteroatoms. The fraction of sp³-hybridized carbons (Fsp3) is 1.00. The van der Waals surface area contributed by atoms with E-state index in [1.54, 1.807) is 0 Å². The second-order valence-corrected chi connectivity index (χ2v) is 4.36. The lowest BCUT2D eigenvalue weighted by Gasteiger charge is -2.22. The van der Waals surface area contributed by atoms with Gasteiger partial charge in [-0.3, -0.25) is 0 Å². The molecule has 0 atom stereocenters. The van der Waals surface area contributed by atoms with Gasteiger partial charge in [-0.25, -0.2) is 0 Å². The average Bonchev–Trinajstić information content (AvgIpc) is 1.90. The van der Waals surface area contributed by atoms with Crippen molar-refractivity contribution in [1.29, 1.82) is 0 Å². The number of thioether (sulfide) groups is 1. The Bertz CT molecular complexity index is 77.0. The van der Waals surface area contributed by atoms with Gasteiger partial charge in [0.05, 0.1) is 0 Å². The highest BCUT2D eigenvalue weighted by Crippen LogP contribution is 2.29. The number of hydrogen-bond acceptors (Lipinski definition) is 1. The molecule has 1 aliphatic carbocycles. The van der Waals surface area contributed by atoms with Crippen LogP contribution in [0.25, 0.3) is 0 Å². The van der Waals surface area contributed by atoms with Crippen molar-refractivity contribution in [2.45, 2.75) is 36.3 Å². The second-order valence-electron chi connectivity index (χ2n) is 2.61. The number of halogens is 1. The van der Waals surface area contributed by atoms with Crippen molar-refractivity contribution in [3.8, 4) is 0 Å². The van der Waals surface area contributed by atoms with Crippen LogP contribution >= 0.6 is 23.4 Å². The van der Waals surface area contributed by atoms with Crippen LogP contribution in [-0.2, 0) is 0 Å². The summed E-state index contributed by atoms with van der Waals surface area (Å²) in [6.07, 6.45) is 7.31. The van der Waals surface area contributed by atoms with Gasteiger partial charge in [0.25, 0.3) is 0 Å². The van der Waals surface area contributed by atoms with E-state index in [1.165, 1.54) is 25.7 Å². The molecular weight excluding hydrogens is 152 g/mol. The zero-order valence-corrected chi connectivity index (χ0v) is 7.34. The minimum Gasteiger partial charge on any atom is -0.162 e. The zero-order valence-electron chi connectivity index (χ0n) is 5.77. The monoisotopic (exact) mass is 164 g/mol. The summed E-state index contributed by atoms with van der Waals surface area (Å²) in [6, 6.07) is 0. The molecule has 0 spiro atoms. The summed E-state index contributed by atoms with van der Waals surface area (Å²) in [4.78, 5) is 0. The molecule has 0 aliphatic heterocycles. The Morgan fingerprint density at radius 3 is 2.22 bits per heavy atom. The molecule has 1 aliphatic rings. The van der Waals surface area contributed by atoms with Crippen molar-refractivity contribution in [3.63, 3.8) is 0 Å². The molecule has 0 unspecified atom stereocenters. The maximum atomic E-state index is 5.93. The van der Waals surface area contributed by atoms with Crippen LogP contribution < -0.4 is 0 Å². The first-order valence-corrected chi connectivity index (χ1v) is 5.22. The lowest BCUT2D eigenvalue weighted by Crippen LogP contribution is -2.15. The fourth-order valence-corrected chi connectivity index (χ4v) is 2.25. The van der Waals surface area contributed by atoms with Gasteiger partial charge < -0.3 is 0 Å². The Balaban J connectivity index is 2.18. The van der Waals surface area contributed by atoms with Crippen LogP contribution in [0.1, 0.15) is 25.7 Å². The Kier molecular flexibility index (Phi) is 3.20. The highest BCUT2D eigenvalue weighted by molar-refractivity contribution is 7.99. The van der Waals surface area contributed by atoms with Gasteiger partial charge in [0.1, 0.15) is 0 Å². The van der Waals surface area contributed by atoms with Crippen LogP contribution in [0.3, 0.4) is 0 Å². The highest BCUT2D eigenvalue weighted by Gasteiger charge is 2.17. The molecule has 0 aromatic carbocycles. The van der Waals surface area contributed by atoms with E-state index in [0.29, 0.717) is 5.38 Å². The van der Waals surface area contributed by atoms with Crippen molar-refractivity contribution >= 4 is 23.4 Å². The molecule has 0 nitrogen and oxygen atoms in total. The lowest BCUT2D eigenvalue weighted by molar-refractivity contribution is 0.523. The molecule has 54 valence electrons. The largest absolute Gasteiger partial charge is 0.162 e. The Morgan fingerprint density at radius 2 is 1.78 bits per heavy atom. The van der Waals surface area contributed by atoms with Crippen molar-refractivity contribution in [1.82, 2.24) is 0 Å². The van der Waals surface area contributed by atoms with Gasteiger partial charge in [-0.2, -0.15) is 11.8 Å². The van der Waals surface area contributed by atoms with E-state index in [2.05, 4.69) is 6.26 Å². The predicted molar refractivity (Wildman–Crippen MR) is 45.4 cm³/mol. The minimum absolute atomic E-state index is 0.480. The second kappa shape index (κ2) is 3.72. The quantitative estimate of drug-likeness (QED) is 0.538. The van der Waals surface area contributed by atoms with E-state index < -0.39 is 0 Å². The first-order chi connectivity index (χ1) is 4.33. The van der Waals surface area contributed by atoms with E-state index in [9.17, 15) is 0 Å². The molecular formula is C7H13ClS. The maximum Gasteiger partial charge on any atom is 0.0336 e. The standard InChI is InChI=1S/C7H13ClS/c1-9-7-4-2-6(8)3-5-7/h6-7H,2-5H2,1H3. The summed E-state index contributed by atoms with van der Waals surface area (Å²) >= 11 is 7.92. The van der Waals surface area contributed by atoms with Crippen LogP contribution in [0, 0.1) is 0 Å². The van der Waals surface area contributed by atoms with Gasteiger partial charge in [-0.15, -0.1) is 11.6 Å². The van der Waals surface area contributed by atoms with E-state index in [1.807, 2.05) is 11.8 Å². The SMILES string of the molecule is CSC1CCC(Cl)CC1. The fourth-order valence-electron chi connectivity index (χ4n) is 1.26. The smallest absolute Gasteiger partial charge is 0.0336 e. The van der Waals surface area contributed by atoms with Gasteiger partial charge in [-0.05, 0) is 31.9 Å². The molecule has 0 amide bonds. The van der Waals surface area contributed by atoms with E-state index >= 15 is 0 Å². The van der Waals surface area contributed by atoms with Crippen molar-refractivity contribution < 1.29 is 0 Å². The van der Waals surface area contributed by atoms with Crippen molar-refractivity contribution in [2.75, 3.05) is 6.26 Å². The molecule has 1 fully saturated rings. The molecule has 0 heterocycles. The van der Waals surface area contributed by atoms with Gasteiger partial charge in [0.2, 0.25) is 0 Å². The molecule has 0 aromatic rings. The number of hydrogen-bond donors (Lipinski definition) is 0. The molecule has 0 saturated heterocycles. The summed E-state index contributed by atoms with van der Waals surface area (Å²) in [6.45, 7) is 0. The molecule has 0 radical (unpaired) electrons. The van der Waals surface area contributed by atoms with Crippen molar-refractivity contribution in [2.24, 2.45) is 0 Å². The van der Waals surface area contributed by atoms with E-state index in [4.69, 9.17) is 11.6 Å². The Labute approximate surface area is 66.3 Å². The number of alkyl halides is 1. The summed E-state index contributed by atoms with van der Waals surface area (Å²) in [5, 5.41) is 1.38. The molecule has 0 bridgehead atoms. The van der Waals surface area contributed by atoms with Gasteiger partial charge in [-0.1, -0.05) is 0 Å². The van der Waals surface area contributed by atoms with Crippen LogP contribution in [-0.4, -0.2) is 16.9 Å². The summed E-state index contributed by atoms with van der Waals surface area (Å²) < 4.78 is 0. The van der Waals surface area contributed by atoms with E-state index in [0.717, 1.165) is 5.25 Å². The van der Waals surface area contributed by atoms with Gasteiger partial charge in [0.15, 0.2) is 0 Å².